The van der Waals surface area contributed by atoms with E-state index in [0.29, 0.717) is 32.5 Å². The lowest BCUT2D eigenvalue weighted by molar-refractivity contribution is -0.152. The Hall–Kier alpha value is -3.56. The fourth-order valence-electron chi connectivity index (χ4n) is 5.14. The molecule has 0 aliphatic carbocycles. The third kappa shape index (κ3) is 7.76. The number of allylic oxidation sites excluding steroid dienone is 1. The van der Waals surface area contributed by atoms with Crippen molar-refractivity contribution in [3.8, 4) is 0 Å². The number of carboxylic acid groups (broad SMARTS) is 1. The lowest BCUT2D eigenvalue weighted by Gasteiger charge is -2.35. The molecule has 2 aliphatic heterocycles. The molecule has 3 rings (SSSR count). The SMILES string of the molecule is COC(=O)[C@@H]1CCCN1C(=O)[C@@H](NC(=O)OCC(C)(C)CC/C=C/c1cccc2c1CN(C(=O)O)C2)C(C)(C)C. The van der Waals surface area contributed by atoms with Gasteiger partial charge in [-0.25, -0.2) is 14.4 Å². The molecule has 2 N–H and O–H groups in total. The van der Waals surface area contributed by atoms with Gasteiger partial charge in [-0.3, -0.25) is 9.69 Å². The number of esters is 1. The summed E-state index contributed by atoms with van der Waals surface area (Å²) in [6.07, 6.45) is 5.22. The quantitative estimate of drug-likeness (QED) is 0.418. The molecule has 40 heavy (non-hydrogen) atoms. The highest BCUT2D eigenvalue weighted by molar-refractivity contribution is 5.90. The number of likely N-dealkylation sites (tertiary alicyclic amines) is 1. The first-order chi connectivity index (χ1) is 18.7. The van der Waals surface area contributed by atoms with Crippen LogP contribution in [0.15, 0.2) is 24.3 Å². The first-order valence-electron chi connectivity index (χ1n) is 13.8. The number of nitrogens with one attached hydrogen (secondary N) is 1. The lowest BCUT2D eigenvalue weighted by Crippen LogP contribution is -2.57. The zero-order valence-corrected chi connectivity index (χ0v) is 24.5. The standard InChI is InChI=1S/C30H43N3O7/c1-29(2,3)24(25(34)33-16-10-14-23(33)26(35)39-6)31-27(36)40-19-30(4,5)15-8-7-11-20-12-9-13-21-17-32(28(37)38)18-22(20)21/h7,9,11-13,23-24H,8,10,14-19H2,1-6H3,(H,31,36)(H,37,38)/b11-7+/t23-,24+/m0/s1. The van der Waals surface area contributed by atoms with Crippen LogP contribution >= 0.6 is 0 Å². The molecule has 1 aromatic carbocycles. The summed E-state index contributed by atoms with van der Waals surface area (Å²) >= 11 is 0. The van der Waals surface area contributed by atoms with Gasteiger partial charge in [-0.05, 0) is 53.2 Å². The number of carbonyl (C=O) groups excluding carboxylic acids is 3. The van der Waals surface area contributed by atoms with Gasteiger partial charge in [0.1, 0.15) is 12.1 Å². The third-order valence-electron chi connectivity index (χ3n) is 7.55. The topological polar surface area (TPSA) is 125 Å². The molecule has 0 spiro atoms. The summed E-state index contributed by atoms with van der Waals surface area (Å²) in [7, 11) is 1.31. The molecule has 2 atom stereocenters. The van der Waals surface area contributed by atoms with Gasteiger partial charge in [-0.15, -0.1) is 0 Å². The summed E-state index contributed by atoms with van der Waals surface area (Å²) in [5, 5.41) is 12.0. The molecular weight excluding hydrogens is 514 g/mol. The predicted molar refractivity (Wildman–Crippen MR) is 150 cm³/mol. The van der Waals surface area contributed by atoms with Crippen molar-refractivity contribution in [2.24, 2.45) is 10.8 Å². The normalized spacial score (nSPS) is 18.0. The highest BCUT2D eigenvalue weighted by atomic mass is 16.5. The minimum atomic E-state index is -0.920. The highest BCUT2D eigenvalue weighted by Crippen LogP contribution is 2.29. The molecule has 0 radical (unpaired) electrons. The van der Waals surface area contributed by atoms with Crippen molar-refractivity contribution in [3.63, 3.8) is 0 Å². The van der Waals surface area contributed by atoms with Crippen LogP contribution in [0.4, 0.5) is 9.59 Å². The summed E-state index contributed by atoms with van der Waals surface area (Å²) in [5.74, 6) is -0.767. The molecule has 1 fully saturated rings. The molecule has 0 saturated carbocycles. The van der Waals surface area contributed by atoms with Gasteiger partial charge in [0.05, 0.1) is 20.3 Å². The van der Waals surface area contributed by atoms with E-state index in [1.165, 1.54) is 16.9 Å². The summed E-state index contributed by atoms with van der Waals surface area (Å²) < 4.78 is 10.4. The summed E-state index contributed by atoms with van der Waals surface area (Å²) in [6.45, 7) is 11.0. The van der Waals surface area contributed by atoms with Gasteiger partial charge in [0.25, 0.3) is 0 Å². The van der Waals surface area contributed by atoms with Crippen LogP contribution in [0.1, 0.15) is 77.0 Å². The fourth-order valence-corrected chi connectivity index (χ4v) is 5.14. The maximum absolute atomic E-state index is 13.4. The second-order valence-electron chi connectivity index (χ2n) is 12.5. The monoisotopic (exact) mass is 557 g/mol. The maximum atomic E-state index is 13.4. The Morgan fingerprint density at radius 3 is 2.52 bits per heavy atom. The van der Waals surface area contributed by atoms with E-state index in [1.807, 2.05) is 58.9 Å². The molecule has 3 amide bonds. The van der Waals surface area contributed by atoms with E-state index in [4.69, 9.17) is 9.47 Å². The number of ether oxygens (including phenoxy) is 2. The van der Waals surface area contributed by atoms with E-state index >= 15 is 0 Å². The van der Waals surface area contributed by atoms with Crippen LogP contribution < -0.4 is 5.32 Å². The number of rotatable bonds is 9. The van der Waals surface area contributed by atoms with Crippen LogP contribution in [-0.2, 0) is 32.2 Å². The zero-order valence-electron chi connectivity index (χ0n) is 24.5. The van der Waals surface area contributed by atoms with Crippen molar-refractivity contribution in [1.29, 1.82) is 0 Å². The number of hydrogen-bond acceptors (Lipinski definition) is 6. The number of carbonyl (C=O) groups is 4. The Morgan fingerprint density at radius 2 is 1.88 bits per heavy atom. The molecule has 1 aromatic rings. The van der Waals surface area contributed by atoms with Crippen LogP contribution in [-0.4, -0.2) is 71.3 Å². The van der Waals surface area contributed by atoms with Crippen molar-refractivity contribution >= 4 is 30.1 Å². The first-order valence-corrected chi connectivity index (χ1v) is 13.8. The fraction of sp³-hybridized carbons (Fsp3) is 0.600. The average Bonchev–Trinajstić information content (AvgIpc) is 3.55. The van der Waals surface area contributed by atoms with Crippen LogP contribution in [0.25, 0.3) is 6.08 Å². The molecule has 2 heterocycles. The highest BCUT2D eigenvalue weighted by Gasteiger charge is 2.42. The number of hydrogen-bond donors (Lipinski definition) is 2. The van der Waals surface area contributed by atoms with Gasteiger partial charge < -0.3 is 24.8 Å². The van der Waals surface area contributed by atoms with E-state index in [-0.39, 0.29) is 17.9 Å². The van der Waals surface area contributed by atoms with Crippen LogP contribution in [0.5, 0.6) is 0 Å². The van der Waals surface area contributed by atoms with E-state index < -0.39 is 35.7 Å². The Balaban J connectivity index is 1.52. The summed E-state index contributed by atoms with van der Waals surface area (Å²) in [4.78, 5) is 52.6. The maximum Gasteiger partial charge on any atom is 0.407 e. The minimum Gasteiger partial charge on any atom is -0.467 e. The molecule has 0 aromatic heterocycles. The summed E-state index contributed by atoms with van der Waals surface area (Å²) in [6, 6.07) is 4.39. The second kappa shape index (κ2) is 12.7. The number of alkyl carbamates (subject to hydrolysis) is 1. The van der Waals surface area contributed by atoms with Gasteiger partial charge in [0, 0.05) is 13.1 Å². The van der Waals surface area contributed by atoms with Crippen LogP contribution in [0.2, 0.25) is 0 Å². The Morgan fingerprint density at radius 1 is 1.15 bits per heavy atom. The Bertz CT molecular complexity index is 1140. The van der Waals surface area contributed by atoms with E-state index in [2.05, 4.69) is 11.4 Å². The Kier molecular flexibility index (Phi) is 9.87. The van der Waals surface area contributed by atoms with Crippen LogP contribution in [0.3, 0.4) is 0 Å². The smallest absolute Gasteiger partial charge is 0.407 e. The summed E-state index contributed by atoms with van der Waals surface area (Å²) in [5.41, 5.74) is 2.17. The molecule has 10 nitrogen and oxygen atoms in total. The van der Waals surface area contributed by atoms with Gasteiger partial charge >= 0.3 is 18.2 Å². The van der Waals surface area contributed by atoms with Crippen molar-refractivity contribution in [3.05, 3.63) is 41.0 Å². The molecule has 220 valence electrons. The molecule has 0 unspecified atom stereocenters. The molecule has 2 aliphatic rings. The van der Waals surface area contributed by atoms with Crippen molar-refractivity contribution in [2.75, 3.05) is 20.3 Å². The van der Waals surface area contributed by atoms with Gasteiger partial charge in [-0.2, -0.15) is 0 Å². The largest absolute Gasteiger partial charge is 0.467 e. The second-order valence-corrected chi connectivity index (χ2v) is 12.5. The zero-order chi connectivity index (χ0) is 29.7. The predicted octanol–water partition coefficient (Wildman–Crippen LogP) is 4.80. The Labute approximate surface area is 236 Å². The lowest BCUT2D eigenvalue weighted by atomic mass is 9.85. The number of amides is 3. The van der Waals surface area contributed by atoms with E-state index in [1.54, 1.807) is 0 Å². The average molecular weight is 558 g/mol. The van der Waals surface area contributed by atoms with Gasteiger partial charge in [-0.1, -0.05) is 65.0 Å². The molecular formula is C30H43N3O7. The van der Waals surface area contributed by atoms with Gasteiger partial charge in [0.2, 0.25) is 5.91 Å². The van der Waals surface area contributed by atoms with E-state index in [0.717, 1.165) is 29.5 Å². The van der Waals surface area contributed by atoms with Crippen LogP contribution in [0, 0.1) is 10.8 Å². The first kappa shape index (κ1) is 31.0. The van der Waals surface area contributed by atoms with Crippen molar-refractivity contribution in [1.82, 2.24) is 15.1 Å². The minimum absolute atomic E-state index is 0.167. The van der Waals surface area contributed by atoms with Gasteiger partial charge in [0.15, 0.2) is 0 Å². The third-order valence-corrected chi connectivity index (χ3v) is 7.55. The van der Waals surface area contributed by atoms with Crippen molar-refractivity contribution < 1.29 is 33.8 Å². The number of fused-ring (bicyclic) bond motifs is 1. The molecule has 0 bridgehead atoms. The number of nitrogens with zero attached hydrogens (tertiary/aromatic N) is 2. The number of methoxy groups -OCH3 is 1. The molecule has 1 saturated heterocycles. The van der Waals surface area contributed by atoms with E-state index in [9.17, 15) is 24.3 Å². The number of benzene rings is 1. The van der Waals surface area contributed by atoms with Crippen molar-refractivity contribution in [2.45, 2.75) is 85.5 Å². The molecule has 10 heteroatoms.